The second-order valence-electron chi connectivity index (χ2n) is 10.8. The smallest absolute Gasteiger partial charge is 0.294 e. The highest BCUT2D eigenvalue weighted by atomic mass is 32.2. The van der Waals surface area contributed by atoms with Gasteiger partial charge in [-0.3, -0.25) is 4.55 Å². The van der Waals surface area contributed by atoms with Gasteiger partial charge in [0, 0.05) is 51.9 Å². The van der Waals surface area contributed by atoms with Crippen LogP contribution in [0.5, 0.6) is 11.5 Å². The lowest BCUT2D eigenvalue weighted by molar-refractivity contribution is 0.451. The van der Waals surface area contributed by atoms with Gasteiger partial charge in [-0.05, 0) is 73.7 Å². The van der Waals surface area contributed by atoms with E-state index in [-0.39, 0.29) is 4.90 Å². The Labute approximate surface area is 246 Å². The minimum Gasteiger partial charge on any atom is -0.457 e. The third-order valence-corrected chi connectivity index (χ3v) is 8.81. The van der Waals surface area contributed by atoms with Crippen molar-refractivity contribution in [2.75, 3.05) is 10.6 Å². The zero-order chi connectivity index (χ0) is 29.6. The zero-order valence-corrected chi connectivity index (χ0v) is 24.7. The molecule has 1 aliphatic rings. The number of hydrogen-bond acceptors (Lipinski definition) is 5. The summed E-state index contributed by atoms with van der Waals surface area (Å²) in [4.78, 5) is -0.121. The molecule has 0 aromatic heterocycles. The average molecular weight is 577 g/mol. The number of fused-ring (bicyclic) bond motifs is 2. The second-order valence-corrected chi connectivity index (χ2v) is 12.2. The van der Waals surface area contributed by atoms with Gasteiger partial charge in [-0.1, -0.05) is 66.7 Å². The van der Waals surface area contributed by atoms with Gasteiger partial charge in [-0.25, -0.2) is 0 Å². The minimum absolute atomic E-state index is 0.121. The highest BCUT2D eigenvalue weighted by Crippen LogP contribution is 2.50. The Morgan fingerprint density at radius 2 is 1.05 bits per heavy atom. The molecule has 1 aliphatic heterocycles. The van der Waals surface area contributed by atoms with E-state index in [9.17, 15) is 13.0 Å². The number of para-hydroxylation sites is 2. The molecule has 0 aliphatic carbocycles. The Morgan fingerprint density at radius 1 is 0.595 bits per heavy atom. The SMILES string of the molecule is Cc1cccc(C)c1Nc1ccc2c(c1)Oc1cc(Nc3c(C)cccc3C)ccc1C2c1ccccc1S(=O)(=O)O. The van der Waals surface area contributed by atoms with E-state index in [0.29, 0.717) is 17.1 Å². The summed E-state index contributed by atoms with van der Waals surface area (Å²) in [7, 11) is -4.47. The van der Waals surface area contributed by atoms with Crippen molar-refractivity contribution in [3.05, 3.63) is 136 Å². The van der Waals surface area contributed by atoms with Gasteiger partial charge < -0.3 is 15.4 Å². The summed E-state index contributed by atoms with van der Waals surface area (Å²) < 4.78 is 41.6. The van der Waals surface area contributed by atoms with Crippen LogP contribution < -0.4 is 15.4 Å². The van der Waals surface area contributed by atoms with E-state index < -0.39 is 16.0 Å². The summed E-state index contributed by atoms with van der Waals surface area (Å²) >= 11 is 0. The Hall–Kier alpha value is -4.59. The minimum atomic E-state index is -4.47. The van der Waals surface area contributed by atoms with Gasteiger partial charge in [0.15, 0.2) is 0 Å². The van der Waals surface area contributed by atoms with Crippen molar-refractivity contribution in [3.8, 4) is 11.5 Å². The molecule has 0 amide bonds. The van der Waals surface area contributed by atoms with Crippen LogP contribution in [-0.2, 0) is 10.1 Å². The fourth-order valence-electron chi connectivity index (χ4n) is 5.76. The van der Waals surface area contributed by atoms with Crippen molar-refractivity contribution >= 4 is 32.9 Å². The molecular formula is C35H32N2O4S. The molecule has 5 aromatic carbocycles. The average Bonchev–Trinajstić information content (AvgIpc) is 2.95. The standard InChI is InChI=1S/C35H32N2O4S/c1-21-9-7-10-22(2)34(21)36-25-15-17-27-30(19-25)41-31-20-26(37-35-23(3)11-8-12-24(35)4)16-18-28(31)33(27)29-13-5-6-14-32(29)42(38,39)40/h5-20,33,36-37H,1-4H3,(H,38,39,40). The van der Waals surface area contributed by atoms with Gasteiger partial charge in [-0.15, -0.1) is 0 Å². The number of aryl methyl sites for hydroxylation is 4. The molecule has 0 unspecified atom stereocenters. The van der Waals surface area contributed by atoms with Gasteiger partial charge >= 0.3 is 0 Å². The molecule has 7 heteroatoms. The quantitative estimate of drug-likeness (QED) is 0.172. The predicted octanol–water partition coefficient (Wildman–Crippen LogP) is 8.94. The van der Waals surface area contributed by atoms with E-state index in [1.54, 1.807) is 18.2 Å². The van der Waals surface area contributed by atoms with E-state index in [1.165, 1.54) is 6.07 Å². The second kappa shape index (κ2) is 10.7. The summed E-state index contributed by atoms with van der Waals surface area (Å²) in [6.07, 6.45) is 0. The zero-order valence-electron chi connectivity index (χ0n) is 23.9. The largest absolute Gasteiger partial charge is 0.457 e. The molecular weight excluding hydrogens is 544 g/mol. The van der Waals surface area contributed by atoms with Crippen LogP contribution in [0.2, 0.25) is 0 Å². The molecule has 5 aromatic rings. The third-order valence-electron chi connectivity index (χ3n) is 7.88. The first-order valence-corrected chi connectivity index (χ1v) is 15.2. The maximum atomic E-state index is 12.5. The Kier molecular flexibility index (Phi) is 7.01. The van der Waals surface area contributed by atoms with Gasteiger partial charge in [0.1, 0.15) is 11.5 Å². The van der Waals surface area contributed by atoms with Crippen LogP contribution in [0.1, 0.15) is 44.9 Å². The first-order chi connectivity index (χ1) is 20.1. The van der Waals surface area contributed by atoms with Crippen LogP contribution in [0.4, 0.5) is 22.7 Å². The summed E-state index contributed by atoms with van der Waals surface area (Å²) in [5.74, 6) is 0.738. The van der Waals surface area contributed by atoms with Crippen molar-refractivity contribution in [3.63, 3.8) is 0 Å². The molecule has 0 saturated heterocycles. The topological polar surface area (TPSA) is 87.7 Å². The highest BCUT2D eigenvalue weighted by Gasteiger charge is 2.33. The van der Waals surface area contributed by atoms with Crippen molar-refractivity contribution < 1.29 is 17.7 Å². The lowest BCUT2D eigenvalue weighted by Crippen LogP contribution is -2.15. The number of ether oxygens (including phenoxy) is 1. The van der Waals surface area contributed by atoms with Crippen LogP contribution in [0, 0.1) is 27.7 Å². The van der Waals surface area contributed by atoms with Crippen molar-refractivity contribution in [1.29, 1.82) is 0 Å². The Bertz CT molecular complexity index is 1810. The first kappa shape index (κ1) is 27.6. The predicted molar refractivity (Wildman–Crippen MR) is 169 cm³/mol. The molecule has 0 fully saturated rings. The molecule has 0 radical (unpaired) electrons. The molecule has 1 heterocycles. The fraction of sp³-hybridized carbons (Fsp3) is 0.143. The van der Waals surface area contributed by atoms with Crippen LogP contribution >= 0.6 is 0 Å². The van der Waals surface area contributed by atoms with Crippen LogP contribution in [0.15, 0.2) is 102 Å². The Morgan fingerprint density at radius 3 is 1.50 bits per heavy atom. The molecule has 0 saturated carbocycles. The lowest BCUT2D eigenvalue weighted by atomic mass is 9.82. The van der Waals surface area contributed by atoms with Crippen molar-refractivity contribution in [2.45, 2.75) is 38.5 Å². The molecule has 0 spiro atoms. The summed E-state index contributed by atoms with van der Waals surface area (Å²) in [6, 6.07) is 30.7. The molecule has 3 N–H and O–H groups in total. The number of nitrogens with one attached hydrogen (secondary N) is 2. The molecule has 0 bridgehead atoms. The van der Waals surface area contributed by atoms with Gasteiger partial charge in [0.25, 0.3) is 10.1 Å². The number of rotatable bonds is 6. The third kappa shape index (κ3) is 5.13. The maximum Gasteiger partial charge on any atom is 0.294 e. The molecule has 6 nitrogen and oxygen atoms in total. The van der Waals surface area contributed by atoms with Crippen molar-refractivity contribution in [2.24, 2.45) is 0 Å². The first-order valence-electron chi connectivity index (χ1n) is 13.8. The summed E-state index contributed by atoms with van der Waals surface area (Å²) in [5, 5.41) is 7.07. The number of anilines is 4. The van der Waals surface area contributed by atoms with Crippen LogP contribution in [0.25, 0.3) is 0 Å². The number of hydrogen-bond donors (Lipinski definition) is 3. The summed E-state index contributed by atoms with van der Waals surface area (Å²) in [5.41, 5.74) is 10.4. The Balaban J connectivity index is 1.48. The maximum absolute atomic E-state index is 12.5. The van der Waals surface area contributed by atoms with E-state index in [2.05, 4.69) is 62.6 Å². The van der Waals surface area contributed by atoms with Gasteiger partial charge in [0.05, 0.1) is 4.90 Å². The normalized spacial score (nSPS) is 12.7. The van der Waals surface area contributed by atoms with E-state index >= 15 is 0 Å². The molecule has 212 valence electrons. The fourth-order valence-corrected chi connectivity index (χ4v) is 6.50. The van der Waals surface area contributed by atoms with E-state index in [0.717, 1.165) is 56.1 Å². The van der Waals surface area contributed by atoms with Gasteiger partial charge in [0.2, 0.25) is 0 Å². The van der Waals surface area contributed by atoms with Crippen LogP contribution in [0.3, 0.4) is 0 Å². The van der Waals surface area contributed by atoms with E-state index in [1.807, 2.05) is 48.5 Å². The van der Waals surface area contributed by atoms with Crippen molar-refractivity contribution in [1.82, 2.24) is 0 Å². The lowest BCUT2D eigenvalue weighted by Gasteiger charge is -2.30. The highest BCUT2D eigenvalue weighted by molar-refractivity contribution is 7.85. The van der Waals surface area contributed by atoms with Crippen LogP contribution in [-0.4, -0.2) is 13.0 Å². The monoisotopic (exact) mass is 576 g/mol. The van der Waals surface area contributed by atoms with E-state index in [4.69, 9.17) is 4.74 Å². The van der Waals surface area contributed by atoms with Gasteiger partial charge in [-0.2, -0.15) is 8.42 Å². The molecule has 0 atom stereocenters. The number of benzene rings is 5. The summed E-state index contributed by atoms with van der Waals surface area (Å²) in [6.45, 7) is 8.25. The molecule has 42 heavy (non-hydrogen) atoms. The molecule has 6 rings (SSSR count).